The molecule has 0 saturated carbocycles. The summed E-state index contributed by atoms with van der Waals surface area (Å²) < 4.78 is 5.83. The van der Waals surface area contributed by atoms with Gasteiger partial charge < -0.3 is 9.64 Å². The first-order chi connectivity index (χ1) is 14.4. The molecule has 0 spiro atoms. The minimum Gasteiger partial charge on any atom is -0.492 e. The van der Waals surface area contributed by atoms with Crippen LogP contribution in [0.4, 0.5) is 10.5 Å². The first-order valence-corrected chi connectivity index (χ1v) is 9.81. The van der Waals surface area contributed by atoms with Gasteiger partial charge in [-0.3, -0.25) is 20.2 Å². The number of nitrogens with one attached hydrogen (secondary N) is 2. The summed E-state index contributed by atoms with van der Waals surface area (Å²) >= 11 is 0. The number of rotatable bonds is 7. The highest BCUT2D eigenvalue weighted by Gasteiger charge is 2.27. The molecule has 7 nitrogen and oxygen atoms in total. The predicted octanol–water partition coefficient (Wildman–Crippen LogP) is 2.96. The summed E-state index contributed by atoms with van der Waals surface area (Å²) in [5.74, 6) is -0.552. The zero-order chi connectivity index (χ0) is 21.7. The van der Waals surface area contributed by atoms with Crippen molar-refractivity contribution in [3.8, 4) is 5.75 Å². The van der Waals surface area contributed by atoms with E-state index in [9.17, 15) is 14.4 Å². The first kappa shape index (κ1) is 21.1. The van der Waals surface area contributed by atoms with Crippen molar-refractivity contribution in [2.45, 2.75) is 20.8 Å². The molecule has 2 aromatic carbocycles. The van der Waals surface area contributed by atoms with Gasteiger partial charge in [0, 0.05) is 12.2 Å². The van der Waals surface area contributed by atoms with E-state index in [0.717, 1.165) is 35.7 Å². The van der Waals surface area contributed by atoms with Gasteiger partial charge in [-0.25, -0.2) is 4.79 Å². The van der Waals surface area contributed by atoms with Gasteiger partial charge >= 0.3 is 6.03 Å². The monoisotopic (exact) mass is 407 g/mol. The van der Waals surface area contributed by atoms with Crippen LogP contribution in [-0.4, -0.2) is 37.5 Å². The summed E-state index contributed by atoms with van der Waals surface area (Å²) in [6.07, 6.45) is 1.49. The zero-order valence-corrected chi connectivity index (χ0v) is 17.3. The molecule has 30 heavy (non-hydrogen) atoms. The summed E-state index contributed by atoms with van der Waals surface area (Å²) in [6.45, 7) is 8.11. The first-order valence-electron chi connectivity index (χ1n) is 9.81. The Bertz CT molecular complexity index is 974. The van der Waals surface area contributed by atoms with Crippen LogP contribution in [-0.2, 0) is 9.59 Å². The van der Waals surface area contributed by atoms with E-state index in [1.54, 1.807) is 0 Å². The molecule has 1 aliphatic rings. The third-order valence-electron chi connectivity index (χ3n) is 4.89. The molecule has 0 aromatic heterocycles. The van der Waals surface area contributed by atoms with Crippen LogP contribution in [0.5, 0.6) is 5.75 Å². The van der Waals surface area contributed by atoms with Crippen LogP contribution in [0.3, 0.4) is 0 Å². The molecule has 1 saturated heterocycles. The highest BCUT2D eigenvalue weighted by Crippen LogP contribution is 2.22. The standard InChI is InChI=1S/C23H25N3O4/c1-4-26(11-12-30-19-9-5-15(2)6-10-19)18-8-7-17(16(3)13-18)14-20-21(27)24-23(29)25-22(20)28/h5-10,13-14H,4,11-12H2,1-3H3,(H2,24,25,27,28,29). The van der Waals surface area contributed by atoms with Crippen LogP contribution in [0.2, 0.25) is 0 Å². The Labute approximate surface area is 175 Å². The number of benzene rings is 2. The van der Waals surface area contributed by atoms with Crippen molar-refractivity contribution in [3.05, 3.63) is 64.7 Å². The van der Waals surface area contributed by atoms with Crippen molar-refractivity contribution < 1.29 is 19.1 Å². The molecule has 3 rings (SSSR count). The van der Waals surface area contributed by atoms with E-state index in [1.165, 1.54) is 11.6 Å². The second kappa shape index (κ2) is 9.26. The highest BCUT2D eigenvalue weighted by atomic mass is 16.5. The molecule has 0 atom stereocenters. The van der Waals surface area contributed by atoms with E-state index < -0.39 is 17.8 Å². The molecule has 0 unspecified atom stereocenters. The Morgan fingerprint density at radius 3 is 2.23 bits per heavy atom. The lowest BCUT2D eigenvalue weighted by Crippen LogP contribution is -2.51. The van der Waals surface area contributed by atoms with E-state index in [4.69, 9.17) is 4.74 Å². The molecular formula is C23H25N3O4. The fourth-order valence-corrected chi connectivity index (χ4v) is 3.16. The minimum absolute atomic E-state index is 0.0932. The van der Waals surface area contributed by atoms with E-state index in [1.807, 2.05) is 56.3 Å². The average Bonchev–Trinajstić information content (AvgIpc) is 2.70. The average molecular weight is 407 g/mol. The minimum atomic E-state index is -0.805. The van der Waals surface area contributed by atoms with Gasteiger partial charge in [0.05, 0.1) is 6.54 Å². The molecule has 2 aromatic rings. The number of nitrogens with zero attached hydrogens (tertiary/aromatic N) is 1. The Morgan fingerprint density at radius 1 is 0.967 bits per heavy atom. The van der Waals surface area contributed by atoms with Gasteiger partial charge in [-0.05, 0) is 62.2 Å². The van der Waals surface area contributed by atoms with Crippen molar-refractivity contribution in [1.29, 1.82) is 0 Å². The number of aryl methyl sites for hydroxylation is 2. The van der Waals surface area contributed by atoms with Gasteiger partial charge in [-0.2, -0.15) is 0 Å². The largest absolute Gasteiger partial charge is 0.492 e. The molecule has 4 amide bonds. The lowest BCUT2D eigenvalue weighted by atomic mass is 10.0. The number of amides is 4. The van der Waals surface area contributed by atoms with Gasteiger partial charge in [0.25, 0.3) is 11.8 Å². The molecule has 1 fully saturated rings. The van der Waals surface area contributed by atoms with Crippen LogP contribution in [0, 0.1) is 13.8 Å². The van der Waals surface area contributed by atoms with Crippen LogP contribution >= 0.6 is 0 Å². The van der Waals surface area contributed by atoms with Gasteiger partial charge in [0.2, 0.25) is 0 Å². The zero-order valence-electron chi connectivity index (χ0n) is 17.3. The normalized spacial score (nSPS) is 13.6. The lowest BCUT2D eigenvalue weighted by Gasteiger charge is -2.24. The number of hydrogen-bond donors (Lipinski definition) is 2. The van der Waals surface area contributed by atoms with Crippen LogP contribution in [0.15, 0.2) is 48.0 Å². The second-order valence-corrected chi connectivity index (χ2v) is 7.08. The smallest absolute Gasteiger partial charge is 0.328 e. The van der Waals surface area contributed by atoms with Crippen LogP contribution < -0.4 is 20.3 Å². The summed E-state index contributed by atoms with van der Waals surface area (Å²) in [6, 6.07) is 13.0. The number of barbiturate groups is 1. The second-order valence-electron chi connectivity index (χ2n) is 7.08. The number of imide groups is 2. The fraction of sp³-hybridized carbons (Fsp3) is 0.261. The van der Waals surface area contributed by atoms with Crippen molar-refractivity contribution >= 4 is 29.6 Å². The molecule has 156 valence electrons. The summed E-state index contributed by atoms with van der Waals surface area (Å²) in [4.78, 5) is 37.2. The van der Waals surface area contributed by atoms with Crippen LogP contribution in [0.1, 0.15) is 23.6 Å². The molecule has 1 heterocycles. The third-order valence-corrected chi connectivity index (χ3v) is 4.89. The van der Waals surface area contributed by atoms with E-state index in [2.05, 4.69) is 22.5 Å². The van der Waals surface area contributed by atoms with E-state index >= 15 is 0 Å². The number of hydrogen-bond acceptors (Lipinski definition) is 5. The summed E-state index contributed by atoms with van der Waals surface area (Å²) in [7, 11) is 0. The number of anilines is 1. The quantitative estimate of drug-likeness (QED) is 0.544. The van der Waals surface area contributed by atoms with Gasteiger partial charge in [-0.15, -0.1) is 0 Å². The van der Waals surface area contributed by atoms with Gasteiger partial charge in [0.1, 0.15) is 17.9 Å². The summed E-state index contributed by atoms with van der Waals surface area (Å²) in [5.41, 5.74) is 3.77. The van der Waals surface area contributed by atoms with E-state index in [0.29, 0.717) is 6.61 Å². The molecule has 2 N–H and O–H groups in total. The third kappa shape index (κ3) is 5.05. The molecule has 7 heteroatoms. The SMILES string of the molecule is CCN(CCOc1ccc(C)cc1)c1ccc(C=C2C(=O)NC(=O)NC2=O)c(C)c1. The van der Waals surface area contributed by atoms with Crippen molar-refractivity contribution in [1.82, 2.24) is 10.6 Å². The van der Waals surface area contributed by atoms with Gasteiger partial charge in [-0.1, -0.05) is 23.8 Å². The Balaban J connectivity index is 1.68. The Kier molecular flexibility index (Phi) is 6.51. The van der Waals surface area contributed by atoms with Gasteiger partial charge in [0.15, 0.2) is 0 Å². The number of carbonyl (C=O) groups is 3. The Morgan fingerprint density at radius 2 is 1.63 bits per heavy atom. The summed E-state index contributed by atoms with van der Waals surface area (Å²) in [5, 5.41) is 4.16. The molecule has 0 bridgehead atoms. The van der Waals surface area contributed by atoms with Crippen molar-refractivity contribution in [3.63, 3.8) is 0 Å². The number of urea groups is 1. The highest BCUT2D eigenvalue weighted by molar-refractivity contribution is 6.31. The number of likely N-dealkylation sites (N-methyl/N-ethyl adjacent to an activating group) is 1. The number of ether oxygens (including phenoxy) is 1. The maximum Gasteiger partial charge on any atom is 0.328 e. The molecule has 0 radical (unpaired) electrons. The fourth-order valence-electron chi connectivity index (χ4n) is 3.16. The maximum absolute atomic E-state index is 11.9. The van der Waals surface area contributed by atoms with E-state index in [-0.39, 0.29) is 5.57 Å². The Hall–Kier alpha value is -3.61. The molecule has 1 aliphatic heterocycles. The van der Waals surface area contributed by atoms with Crippen LogP contribution in [0.25, 0.3) is 6.08 Å². The molecule has 0 aliphatic carbocycles. The topological polar surface area (TPSA) is 87.7 Å². The molecular weight excluding hydrogens is 382 g/mol. The van der Waals surface area contributed by atoms with Crippen molar-refractivity contribution in [2.75, 3.05) is 24.6 Å². The maximum atomic E-state index is 11.9. The lowest BCUT2D eigenvalue weighted by molar-refractivity contribution is -0.123. The number of carbonyl (C=O) groups excluding carboxylic acids is 3. The van der Waals surface area contributed by atoms with Crippen molar-refractivity contribution in [2.24, 2.45) is 0 Å². The predicted molar refractivity (Wildman–Crippen MR) is 115 cm³/mol.